The maximum atomic E-state index is 5.35. The normalized spacial score (nSPS) is 9.85. The molecule has 65 valence electrons. The Balaban J connectivity index is 1.94. The third-order valence-electron chi connectivity index (χ3n) is 1.54. The molecule has 0 aromatic carbocycles. The number of hydrogen-bond donors (Lipinski definition) is 0. The van der Waals surface area contributed by atoms with E-state index in [1.54, 1.807) is 18.5 Å². The summed E-state index contributed by atoms with van der Waals surface area (Å²) in [5.74, 6) is 0.608. The molecule has 0 aliphatic carbocycles. The van der Waals surface area contributed by atoms with E-state index < -0.39 is 0 Å². The molecule has 0 unspecified atom stereocenters. The first kappa shape index (κ1) is 7.86. The fourth-order valence-corrected chi connectivity index (χ4v) is 0.922. The Morgan fingerprint density at radius 1 is 1.38 bits per heavy atom. The second kappa shape index (κ2) is 3.76. The molecule has 0 aliphatic heterocycles. The summed E-state index contributed by atoms with van der Waals surface area (Å²) in [5.41, 5.74) is 0.880. The number of hydrogen-bond acceptors (Lipinski definition) is 3. The average molecular weight is 174 g/mol. The molecule has 13 heavy (non-hydrogen) atoms. The van der Waals surface area contributed by atoms with Crippen LogP contribution in [-0.2, 0) is 6.61 Å². The van der Waals surface area contributed by atoms with Gasteiger partial charge in [-0.2, -0.15) is 0 Å². The molecular weight excluding hydrogens is 166 g/mol. The van der Waals surface area contributed by atoms with Crippen LogP contribution in [0.25, 0.3) is 0 Å². The van der Waals surface area contributed by atoms with Crippen LogP contribution in [0.1, 0.15) is 5.56 Å². The molecule has 2 heterocycles. The molecule has 0 saturated carbocycles. The van der Waals surface area contributed by atoms with Crippen molar-refractivity contribution in [1.29, 1.82) is 0 Å². The highest BCUT2D eigenvalue weighted by molar-refractivity contribution is 5.10. The molecular formula is C10H8NO2. The molecule has 0 atom stereocenters. The highest BCUT2D eigenvalue weighted by Gasteiger charge is 1.96. The quantitative estimate of drug-likeness (QED) is 0.714. The highest BCUT2D eigenvalue weighted by atomic mass is 16.5. The van der Waals surface area contributed by atoms with Crippen molar-refractivity contribution in [3.63, 3.8) is 0 Å². The summed E-state index contributed by atoms with van der Waals surface area (Å²) in [7, 11) is 0. The summed E-state index contributed by atoms with van der Waals surface area (Å²) < 4.78 is 10.1. The minimum atomic E-state index is 0.438. The lowest BCUT2D eigenvalue weighted by Gasteiger charge is -2.00. The van der Waals surface area contributed by atoms with Gasteiger partial charge >= 0.3 is 0 Å². The number of aromatic nitrogens is 1. The second-order valence-corrected chi connectivity index (χ2v) is 2.50. The SMILES string of the molecule is [c]1occc1COc1ccccn1. The van der Waals surface area contributed by atoms with Gasteiger partial charge in [0.05, 0.1) is 6.26 Å². The van der Waals surface area contributed by atoms with E-state index in [4.69, 9.17) is 9.15 Å². The molecule has 0 fully saturated rings. The minimum absolute atomic E-state index is 0.438. The van der Waals surface area contributed by atoms with Crippen molar-refractivity contribution in [3.8, 4) is 5.88 Å². The summed E-state index contributed by atoms with van der Waals surface area (Å²) in [6.07, 6.45) is 5.94. The topological polar surface area (TPSA) is 35.3 Å². The van der Waals surface area contributed by atoms with E-state index in [-0.39, 0.29) is 0 Å². The molecule has 2 rings (SSSR count). The van der Waals surface area contributed by atoms with Gasteiger partial charge in [-0.3, -0.25) is 0 Å². The van der Waals surface area contributed by atoms with Crippen LogP contribution in [0.15, 0.2) is 41.1 Å². The number of rotatable bonds is 3. The van der Waals surface area contributed by atoms with E-state index in [0.29, 0.717) is 12.5 Å². The van der Waals surface area contributed by atoms with Gasteiger partial charge in [0.2, 0.25) is 5.88 Å². The van der Waals surface area contributed by atoms with Gasteiger partial charge < -0.3 is 9.15 Å². The minimum Gasteiger partial charge on any atom is -0.473 e. The maximum absolute atomic E-state index is 5.35. The zero-order chi connectivity index (χ0) is 8.93. The Kier molecular flexibility index (Phi) is 2.27. The average Bonchev–Trinajstić information content (AvgIpc) is 2.69. The predicted molar refractivity (Wildman–Crippen MR) is 46.1 cm³/mol. The summed E-state index contributed by atoms with van der Waals surface area (Å²) in [5, 5.41) is 0. The van der Waals surface area contributed by atoms with Crippen molar-refractivity contribution in [3.05, 3.63) is 48.6 Å². The monoisotopic (exact) mass is 174 g/mol. The highest BCUT2D eigenvalue weighted by Crippen LogP contribution is 2.07. The molecule has 0 saturated heterocycles. The Labute approximate surface area is 76.0 Å². The first-order valence-corrected chi connectivity index (χ1v) is 3.93. The lowest BCUT2D eigenvalue weighted by atomic mass is 10.4. The van der Waals surface area contributed by atoms with Gasteiger partial charge in [0, 0.05) is 17.8 Å². The van der Waals surface area contributed by atoms with Crippen molar-refractivity contribution in [2.24, 2.45) is 0 Å². The van der Waals surface area contributed by atoms with Gasteiger partial charge in [-0.05, 0) is 12.1 Å². The van der Waals surface area contributed by atoms with Crippen LogP contribution >= 0.6 is 0 Å². The fourth-order valence-electron chi connectivity index (χ4n) is 0.922. The van der Waals surface area contributed by atoms with Crippen molar-refractivity contribution >= 4 is 0 Å². The number of furan rings is 1. The third-order valence-corrected chi connectivity index (χ3v) is 1.54. The number of nitrogens with zero attached hydrogens (tertiary/aromatic N) is 1. The van der Waals surface area contributed by atoms with Crippen LogP contribution in [0.3, 0.4) is 0 Å². The van der Waals surface area contributed by atoms with Gasteiger partial charge in [-0.15, -0.1) is 0 Å². The third kappa shape index (κ3) is 2.08. The zero-order valence-electron chi connectivity index (χ0n) is 6.93. The van der Waals surface area contributed by atoms with Crippen LogP contribution in [0, 0.1) is 6.26 Å². The summed E-state index contributed by atoms with van der Waals surface area (Å²) in [4.78, 5) is 4.01. The van der Waals surface area contributed by atoms with Crippen LogP contribution < -0.4 is 4.74 Å². The lowest BCUT2D eigenvalue weighted by molar-refractivity contribution is 0.292. The standard InChI is InChI=1S/C10H8NO2/c1-2-5-11-10(3-1)13-8-9-4-6-12-7-9/h1-6H,8H2. The summed E-state index contributed by atoms with van der Waals surface area (Å²) in [6, 6.07) is 7.33. The van der Waals surface area contributed by atoms with Gasteiger partial charge in [-0.1, -0.05) is 6.07 Å². The molecule has 2 aromatic heterocycles. The van der Waals surface area contributed by atoms with Crippen LogP contribution in [0.4, 0.5) is 0 Å². The lowest BCUT2D eigenvalue weighted by Crippen LogP contribution is -1.94. The predicted octanol–water partition coefficient (Wildman–Crippen LogP) is 2.05. The molecule has 0 N–H and O–H groups in total. The summed E-state index contributed by atoms with van der Waals surface area (Å²) in [6.45, 7) is 0.438. The molecule has 3 nitrogen and oxygen atoms in total. The molecule has 0 aliphatic rings. The van der Waals surface area contributed by atoms with E-state index in [2.05, 4.69) is 11.2 Å². The van der Waals surface area contributed by atoms with Crippen LogP contribution in [0.5, 0.6) is 5.88 Å². The Bertz CT molecular complexity index is 342. The zero-order valence-corrected chi connectivity index (χ0v) is 6.93. The molecule has 0 amide bonds. The van der Waals surface area contributed by atoms with Crippen molar-refractivity contribution in [2.45, 2.75) is 6.61 Å². The van der Waals surface area contributed by atoms with Gasteiger partial charge in [0.1, 0.15) is 6.61 Å². The molecule has 0 spiro atoms. The van der Waals surface area contributed by atoms with Crippen molar-refractivity contribution in [1.82, 2.24) is 4.98 Å². The van der Waals surface area contributed by atoms with Crippen LogP contribution in [0.2, 0.25) is 0 Å². The van der Waals surface area contributed by atoms with Gasteiger partial charge in [0.25, 0.3) is 0 Å². The van der Waals surface area contributed by atoms with Crippen molar-refractivity contribution < 1.29 is 9.15 Å². The van der Waals surface area contributed by atoms with E-state index in [1.807, 2.05) is 18.2 Å². The van der Waals surface area contributed by atoms with E-state index in [9.17, 15) is 0 Å². The molecule has 2 aromatic rings. The molecule has 0 bridgehead atoms. The van der Waals surface area contributed by atoms with E-state index in [0.717, 1.165) is 5.56 Å². The molecule has 3 heteroatoms. The Morgan fingerprint density at radius 2 is 2.38 bits per heavy atom. The summed E-state index contributed by atoms with van der Waals surface area (Å²) >= 11 is 0. The van der Waals surface area contributed by atoms with E-state index >= 15 is 0 Å². The second-order valence-electron chi connectivity index (χ2n) is 2.50. The number of pyridine rings is 1. The van der Waals surface area contributed by atoms with Gasteiger partial charge in [-0.25, -0.2) is 4.98 Å². The maximum Gasteiger partial charge on any atom is 0.213 e. The Hall–Kier alpha value is -1.77. The van der Waals surface area contributed by atoms with E-state index in [1.165, 1.54) is 0 Å². The smallest absolute Gasteiger partial charge is 0.213 e. The Morgan fingerprint density at radius 3 is 3.08 bits per heavy atom. The first-order valence-electron chi connectivity index (χ1n) is 3.93. The fraction of sp³-hybridized carbons (Fsp3) is 0.100. The van der Waals surface area contributed by atoms with Gasteiger partial charge in [0.15, 0.2) is 6.26 Å². The van der Waals surface area contributed by atoms with Crippen LogP contribution in [-0.4, -0.2) is 4.98 Å². The number of ether oxygens (including phenoxy) is 1. The van der Waals surface area contributed by atoms with Crippen molar-refractivity contribution in [2.75, 3.05) is 0 Å². The molecule has 1 radical (unpaired) electrons. The largest absolute Gasteiger partial charge is 0.473 e. The first-order chi connectivity index (χ1) is 6.45.